The lowest BCUT2D eigenvalue weighted by molar-refractivity contribution is 0.102. The first-order valence-electron chi connectivity index (χ1n) is 6.03. The number of benzene rings is 1. The Kier molecular flexibility index (Phi) is 4.54. The highest BCUT2D eigenvalue weighted by atomic mass is 79.9. The summed E-state index contributed by atoms with van der Waals surface area (Å²) in [6, 6.07) is 8.58. The van der Waals surface area contributed by atoms with Gasteiger partial charge in [-0.3, -0.25) is 4.79 Å². The summed E-state index contributed by atoms with van der Waals surface area (Å²) in [6.07, 6.45) is 1.54. The Bertz CT molecular complexity index is 699. The summed E-state index contributed by atoms with van der Waals surface area (Å²) >= 11 is 3.26. The Labute approximate surface area is 129 Å². The van der Waals surface area contributed by atoms with E-state index in [9.17, 15) is 4.79 Å². The molecule has 0 radical (unpaired) electrons. The smallest absolute Gasteiger partial charge is 0.274 e. The largest absolute Gasteiger partial charge is 0.409 e. The number of nitrogens with zero attached hydrogens (tertiary/aromatic N) is 2. The molecule has 7 heteroatoms. The van der Waals surface area contributed by atoms with Crippen LogP contribution in [0.5, 0.6) is 0 Å². The molecule has 2 aromatic rings. The maximum atomic E-state index is 12.2. The molecule has 6 nitrogen and oxygen atoms in total. The average Bonchev–Trinajstić information content (AvgIpc) is 2.47. The van der Waals surface area contributed by atoms with Crippen LogP contribution >= 0.6 is 15.9 Å². The summed E-state index contributed by atoms with van der Waals surface area (Å²) in [4.78, 5) is 16.2. The fraction of sp³-hybridized carbons (Fsp3) is 0.0714. The summed E-state index contributed by atoms with van der Waals surface area (Å²) in [6.45, 7) is 1.81. The molecule has 2 rings (SSSR count). The number of carbonyl (C=O) groups is 1. The monoisotopic (exact) mass is 348 g/mol. The van der Waals surface area contributed by atoms with Crippen molar-refractivity contribution in [3.8, 4) is 0 Å². The molecule has 0 unspecified atom stereocenters. The minimum Gasteiger partial charge on any atom is -0.409 e. The van der Waals surface area contributed by atoms with E-state index in [0.717, 1.165) is 10.0 Å². The van der Waals surface area contributed by atoms with E-state index in [-0.39, 0.29) is 17.4 Å². The Morgan fingerprint density at radius 2 is 2.14 bits per heavy atom. The number of amides is 1. The Morgan fingerprint density at radius 3 is 2.76 bits per heavy atom. The summed E-state index contributed by atoms with van der Waals surface area (Å²) in [5.74, 6) is -0.438. The highest BCUT2D eigenvalue weighted by molar-refractivity contribution is 9.10. The Balaban J connectivity index is 2.33. The number of anilines is 1. The van der Waals surface area contributed by atoms with Gasteiger partial charge in [0.1, 0.15) is 5.69 Å². The highest BCUT2D eigenvalue weighted by Crippen LogP contribution is 2.20. The number of nitrogens with two attached hydrogens (primary N) is 1. The zero-order valence-electron chi connectivity index (χ0n) is 11.2. The second kappa shape index (κ2) is 6.36. The molecule has 0 aliphatic rings. The number of hydrogen-bond donors (Lipinski definition) is 3. The number of halogens is 1. The third-order valence-electron chi connectivity index (χ3n) is 2.84. The number of amidine groups is 1. The molecule has 1 aromatic heterocycles. The van der Waals surface area contributed by atoms with Crippen LogP contribution in [0, 0.1) is 6.92 Å². The lowest BCUT2D eigenvalue weighted by Gasteiger charge is -2.12. The number of carbonyl (C=O) groups excluding carboxylic acids is 1. The van der Waals surface area contributed by atoms with Crippen molar-refractivity contribution in [2.24, 2.45) is 10.9 Å². The molecule has 0 fully saturated rings. The predicted molar refractivity (Wildman–Crippen MR) is 83.6 cm³/mol. The van der Waals surface area contributed by atoms with Crippen LogP contribution in [-0.4, -0.2) is 21.9 Å². The summed E-state index contributed by atoms with van der Waals surface area (Å²) < 4.78 is 0.784. The SMILES string of the molecule is Cc1cccc(NC(=O)c2ccc(Br)cn2)c1/C(N)=N/O. The Hall–Kier alpha value is -2.41. The van der Waals surface area contributed by atoms with Crippen LogP contribution in [0.3, 0.4) is 0 Å². The summed E-state index contributed by atoms with van der Waals surface area (Å²) in [5, 5.41) is 14.6. The van der Waals surface area contributed by atoms with Gasteiger partial charge in [-0.1, -0.05) is 17.3 Å². The summed E-state index contributed by atoms with van der Waals surface area (Å²) in [5.41, 5.74) is 7.65. The molecule has 0 saturated heterocycles. The van der Waals surface area contributed by atoms with E-state index < -0.39 is 0 Å². The first kappa shape index (κ1) is 15.0. The first-order valence-corrected chi connectivity index (χ1v) is 6.82. The third-order valence-corrected chi connectivity index (χ3v) is 3.31. The van der Waals surface area contributed by atoms with Crippen molar-refractivity contribution < 1.29 is 10.0 Å². The van der Waals surface area contributed by atoms with E-state index in [1.165, 1.54) is 6.20 Å². The summed E-state index contributed by atoms with van der Waals surface area (Å²) in [7, 11) is 0. The molecular weight excluding hydrogens is 336 g/mol. The maximum absolute atomic E-state index is 12.2. The van der Waals surface area contributed by atoms with E-state index >= 15 is 0 Å². The third kappa shape index (κ3) is 3.38. The number of pyridine rings is 1. The van der Waals surface area contributed by atoms with Gasteiger partial charge in [0.05, 0.1) is 5.69 Å². The number of aromatic nitrogens is 1. The second-order valence-corrected chi connectivity index (χ2v) is 5.21. The van der Waals surface area contributed by atoms with Crippen molar-refractivity contribution in [1.29, 1.82) is 0 Å². The van der Waals surface area contributed by atoms with E-state index in [2.05, 4.69) is 31.4 Å². The highest BCUT2D eigenvalue weighted by Gasteiger charge is 2.14. The number of aryl methyl sites for hydroxylation is 1. The van der Waals surface area contributed by atoms with Crippen molar-refractivity contribution in [3.63, 3.8) is 0 Å². The molecule has 0 bridgehead atoms. The van der Waals surface area contributed by atoms with Gasteiger partial charge < -0.3 is 16.3 Å². The van der Waals surface area contributed by atoms with Gasteiger partial charge in [0.15, 0.2) is 5.84 Å². The van der Waals surface area contributed by atoms with Crippen LogP contribution in [0.25, 0.3) is 0 Å². The molecule has 0 saturated carbocycles. The lowest BCUT2D eigenvalue weighted by atomic mass is 10.1. The van der Waals surface area contributed by atoms with Gasteiger partial charge in [0.25, 0.3) is 5.91 Å². The molecular formula is C14H13BrN4O2. The minimum atomic E-state index is -0.375. The van der Waals surface area contributed by atoms with E-state index in [1.807, 2.05) is 0 Å². The number of rotatable bonds is 3. The molecule has 0 aliphatic heterocycles. The molecule has 1 heterocycles. The van der Waals surface area contributed by atoms with Crippen LogP contribution in [-0.2, 0) is 0 Å². The van der Waals surface area contributed by atoms with Crippen molar-refractivity contribution in [3.05, 3.63) is 57.8 Å². The van der Waals surface area contributed by atoms with Gasteiger partial charge in [-0.25, -0.2) is 4.98 Å². The normalized spacial score (nSPS) is 11.2. The molecule has 4 N–H and O–H groups in total. The lowest BCUT2D eigenvalue weighted by Crippen LogP contribution is -2.20. The van der Waals surface area contributed by atoms with Gasteiger partial charge in [0.2, 0.25) is 0 Å². The van der Waals surface area contributed by atoms with E-state index in [1.54, 1.807) is 37.3 Å². The van der Waals surface area contributed by atoms with E-state index in [0.29, 0.717) is 11.3 Å². The molecule has 108 valence electrons. The van der Waals surface area contributed by atoms with E-state index in [4.69, 9.17) is 10.9 Å². The standard InChI is InChI=1S/C14H13BrN4O2/c1-8-3-2-4-10(12(8)13(16)19-21)18-14(20)11-6-5-9(15)7-17-11/h2-7,21H,1H3,(H2,16,19)(H,18,20). The predicted octanol–water partition coefficient (Wildman–Crippen LogP) is 2.50. The van der Waals surface area contributed by atoms with Crippen LogP contribution in [0.2, 0.25) is 0 Å². The van der Waals surface area contributed by atoms with Gasteiger partial charge in [-0.2, -0.15) is 0 Å². The van der Waals surface area contributed by atoms with Gasteiger partial charge in [-0.05, 0) is 46.6 Å². The maximum Gasteiger partial charge on any atom is 0.274 e. The molecule has 1 aromatic carbocycles. The van der Waals surface area contributed by atoms with Crippen molar-refractivity contribution >= 4 is 33.4 Å². The number of nitrogens with one attached hydrogen (secondary N) is 1. The molecule has 0 atom stereocenters. The van der Waals surface area contributed by atoms with Crippen LogP contribution in [0.15, 0.2) is 46.2 Å². The quantitative estimate of drug-likeness (QED) is 0.343. The molecule has 0 spiro atoms. The topological polar surface area (TPSA) is 101 Å². The van der Waals surface area contributed by atoms with Gasteiger partial charge in [-0.15, -0.1) is 0 Å². The van der Waals surface area contributed by atoms with Crippen molar-refractivity contribution in [2.45, 2.75) is 6.92 Å². The number of oxime groups is 1. The zero-order valence-corrected chi connectivity index (χ0v) is 12.8. The van der Waals surface area contributed by atoms with Crippen molar-refractivity contribution in [1.82, 2.24) is 4.98 Å². The fourth-order valence-corrected chi connectivity index (χ4v) is 2.09. The van der Waals surface area contributed by atoms with Crippen molar-refractivity contribution in [2.75, 3.05) is 5.32 Å². The second-order valence-electron chi connectivity index (χ2n) is 4.30. The Morgan fingerprint density at radius 1 is 1.38 bits per heavy atom. The fourth-order valence-electron chi connectivity index (χ4n) is 1.86. The molecule has 0 aliphatic carbocycles. The number of hydrogen-bond acceptors (Lipinski definition) is 4. The average molecular weight is 349 g/mol. The molecule has 1 amide bonds. The van der Waals surface area contributed by atoms with Gasteiger partial charge in [0, 0.05) is 16.2 Å². The first-order chi connectivity index (χ1) is 10.0. The van der Waals surface area contributed by atoms with Crippen LogP contribution in [0.4, 0.5) is 5.69 Å². The van der Waals surface area contributed by atoms with Crippen LogP contribution < -0.4 is 11.1 Å². The van der Waals surface area contributed by atoms with Crippen LogP contribution in [0.1, 0.15) is 21.6 Å². The van der Waals surface area contributed by atoms with Gasteiger partial charge >= 0.3 is 0 Å². The zero-order chi connectivity index (χ0) is 15.4. The molecule has 21 heavy (non-hydrogen) atoms. The minimum absolute atomic E-state index is 0.0628.